The van der Waals surface area contributed by atoms with E-state index in [1.54, 1.807) is 23.1 Å². The van der Waals surface area contributed by atoms with Crippen LogP contribution in [0.3, 0.4) is 0 Å². The standard InChI is InChI=1S/C22H24ClNO3S/c1-3-4-13-27-22(26)19-14-28-21(17-7-5-6-8-18(17)23)24(19)20(25)16-11-9-15(2)10-12-16/h5-12,19,21H,3-4,13-14H2,1-2H3. The Morgan fingerprint density at radius 3 is 2.57 bits per heavy atom. The third-order valence-electron chi connectivity index (χ3n) is 4.72. The van der Waals surface area contributed by atoms with Gasteiger partial charge in [0.05, 0.1) is 6.61 Å². The zero-order valence-corrected chi connectivity index (χ0v) is 17.6. The van der Waals surface area contributed by atoms with Gasteiger partial charge >= 0.3 is 5.97 Å². The van der Waals surface area contributed by atoms with Crippen molar-refractivity contribution in [1.29, 1.82) is 0 Å². The van der Waals surface area contributed by atoms with Gasteiger partial charge in [0, 0.05) is 21.9 Å². The SMILES string of the molecule is CCCCOC(=O)C1CSC(c2ccccc2Cl)N1C(=O)c1ccc(C)cc1. The number of hydrogen-bond donors (Lipinski definition) is 0. The Morgan fingerprint density at radius 2 is 1.89 bits per heavy atom. The average Bonchev–Trinajstić information content (AvgIpc) is 3.13. The number of benzene rings is 2. The molecule has 1 aliphatic rings. The maximum absolute atomic E-state index is 13.4. The molecule has 2 aromatic carbocycles. The Kier molecular flexibility index (Phi) is 7.03. The highest BCUT2D eigenvalue weighted by molar-refractivity contribution is 7.99. The summed E-state index contributed by atoms with van der Waals surface area (Å²) in [5.74, 6) is -0.0540. The van der Waals surface area contributed by atoms with E-state index in [2.05, 4.69) is 0 Å². The van der Waals surface area contributed by atoms with E-state index in [0.29, 0.717) is 22.9 Å². The summed E-state index contributed by atoms with van der Waals surface area (Å²) < 4.78 is 5.44. The first-order valence-corrected chi connectivity index (χ1v) is 10.9. The van der Waals surface area contributed by atoms with Gasteiger partial charge in [0.1, 0.15) is 11.4 Å². The minimum absolute atomic E-state index is 0.188. The second kappa shape index (κ2) is 9.48. The number of halogens is 1. The van der Waals surface area contributed by atoms with Crippen molar-refractivity contribution in [3.05, 3.63) is 70.2 Å². The number of carbonyl (C=O) groups is 2. The number of ether oxygens (including phenoxy) is 1. The van der Waals surface area contributed by atoms with Crippen molar-refractivity contribution < 1.29 is 14.3 Å². The molecule has 0 spiro atoms. The molecular weight excluding hydrogens is 394 g/mol. The summed E-state index contributed by atoms with van der Waals surface area (Å²) >= 11 is 7.94. The first-order valence-electron chi connectivity index (χ1n) is 9.45. The largest absolute Gasteiger partial charge is 0.464 e. The molecule has 28 heavy (non-hydrogen) atoms. The second-order valence-electron chi connectivity index (χ2n) is 6.82. The summed E-state index contributed by atoms with van der Waals surface area (Å²) in [7, 11) is 0. The quantitative estimate of drug-likeness (QED) is 0.475. The van der Waals surface area contributed by atoms with E-state index in [-0.39, 0.29) is 17.3 Å². The third-order valence-corrected chi connectivity index (χ3v) is 6.37. The van der Waals surface area contributed by atoms with Gasteiger partial charge in [0.2, 0.25) is 0 Å². The van der Waals surface area contributed by atoms with Crippen LogP contribution in [-0.2, 0) is 9.53 Å². The molecule has 0 aliphatic carbocycles. The van der Waals surface area contributed by atoms with E-state index in [1.165, 1.54) is 11.8 Å². The fraction of sp³-hybridized carbons (Fsp3) is 0.364. The Balaban J connectivity index is 1.92. The first kappa shape index (κ1) is 20.7. The molecule has 0 saturated carbocycles. The predicted molar refractivity (Wildman–Crippen MR) is 114 cm³/mol. The average molecular weight is 418 g/mol. The van der Waals surface area contributed by atoms with E-state index in [9.17, 15) is 9.59 Å². The molecule has 6 heteroatoms. The predicted octanol–water partition coefficient (Wildman–Crippen LogP) is 5.25. The van der Waals surface area contributed by atoms with Crippen LogP contribution in [0.4, 0.5) is 0 Å². The summed E-state index contributed by atoms with van der Waals surface area (Å²) in [6.07, 6.45) is 1.76. The summed E-state index contributed by atoms with van der Waals surface area (Å²) in [6.45, 7) is 4.39. The normalized spacial score (nSPS) is 18.9. The molecule has 0 aromatic heterocycles. The highest BCUT2D eigenvalue weighted by atomic mass is 35.5. The molecule has 1 heterocycles. The highest BCUT2D eigenvalue weighted by Gasteiger charge is 2.44. The monoisotopic (exact) mass is 417 g/mol. The van der Waals surface area contributed by atoms with E-state index < -0.39 is 6.04 Å². The molecule has 2 aromatic rings. The molecule has 3 rings (SSSR count). The number of amides is 1. The topological polar surface area (TPSA) is 46.6 Å². The number of esters is 1. The van der Waals surface area contributed by atoms with Crippen molar-refractivity contribution in [3.8, 4) is 0 Å². The van der Waals surface area contributed by atoms with Gasteiger partial charge in [-0.3, -0.25) is 4.79 Å². The van der Waals surface area contributed by atoms with Gasteiger partial charge in [0.25, 0.3) is 5.91 Å². The fourth-order valence-corrected chi connectivity index (χ4v) is 4.86. The molecule has 4 nitrogen and oxygen atoms in total. The number of carbonyl (C=O) groups excluding carboxylic acids is 2. The third kappa shape index (κ3) is 4.53. The molecule has 0 N–H and O–H groups in total. The van der Waals surface area contributed by atoms with Gasteiger partial charge in [-0.2, -0.15) is 0 Å². The smallest absolute Gasteiger partial charge is 0.329 e. The molecule has 2 unspecified atom stereocenters. The van der Waals surface area contributed by atoms with E-state index in [1.807, 2.05) is 44.2 Å². The van der Waals surface area contributed by atoms with Crippen LogP contribution in [0, 0.1) is 6.92 Å². The van der Waals surface area contributed by atoms with Crippen LogP contribution in [0.15, 0.2) is 48.5 Å². The van der Waals surface area contributed by atoms with Crippen molar-refractivity contribution >= 4 is 35.2 Å². The van der Waals surface area contributed by atoms with Gasteiger partial charge in [-0.05, 0) is 31.5 Å². The Labute approximate surface area is 175 Å². The van der Waals surface area contributed by atoms with Crippen LogP contribution in [0.5, 0.6) is 0 Å². The lowest BCUT2D eigenvalue weighted by molar-refractivity contribution is -0.148. The number of aryl methyl sites for hydroxylation is 1. The summed E-state index contributed by atoms with van der Waals surface area (Å²) in [5, 5.41) is 0.257. The lowest BCUT2D eigenvalue weighted by atomic mass is 10.1. The van der Waals surface area contributed by atoms with Crippen molar-refractivity contribution in [3.63, 3.8) is 0 Å². The van der Waals surface area contributed by atoms with E-state index in [0.717, 1.165) is 24.0 Å². The minimum Gasteiger partial charge on any atom is -0.464 e. The van der Waals surface area contributed by atoms with Gasteiger partial charge in [-0.15, -0.1) is 11.8 Å². The van der Waals surface area contributed by atoms with Crippen molar-refractivity contribution in [1.82, 2.24) is 4.90 Å². The van der Waals surface area contributed by atoms with Crippen LogP contribution in [0.25, 0.3) is 0 Å². The molecule has 148 valence electrons. The summed E-state index contributed by atoms with van der Waals surface area (Å²) in [6, 6.07) is 14.2. The van der Waals surface area contributed by atoms with Crippen molar-refractivity contribution in [2.24, 2.45) is 0 Å². The van der Waals surface area contributed by atoms with Gasteiger partial charge in [-0.25, -0.2) is 4.79 Å². The summed E-state index contributed by atoms with van der Waals surface area (Å²) in [5.41, 5.74) is 2.46. The molecule has 1 amide bonds. The lowest BCUT2D eigenvalue weighted by Crippen LogP contribution is -2.44. The molecule has 1 fully saturated rings. The molecule has 1 aliphatic heterocycles. The maximum Gasteiger partial charge on any atom is 0.329 e. The lowest BCUT2D eigenvalue weighted by Gasteiger charge is -2.29. The van der Waals surface area contributed by atoms with Crippen LogP contribution in [0.2, 0.25) is 5.02 Å². The van der Waals surface area contributed by atoms with Crippen LogP contribution in [0.1, 0.15) is 46.6 Å². The maximum atomic E-state index is 13.4. The Morgan fingerprint density at radius 1 is 1.18 bits per heavy atom. The zero-order valence-electron chi connectivity index (χ0n) is 16.1. The van der Waals surface area contributed by atoms with Gasteiger partial charge in [-0.1, -0.05) is 60.8 Å². The number of nitrogens with zero attached hydrogens (tertiary/aromatic N) is 1. The van der Waals surface area contributed by atoms with E-state index >= 15 is 0 Å². The molecule has 0 radical (unpaired) electrons. The number of thioether (sulfide) groups is 1. The van der Waals surface area contributed by atoms with Crippen molar-refractivity contribution in [2.45, 2.75) is 38.1 Å². The van der Waals surface area contributed by atoms with Gasteiger partial charge < -0.3 is 9.64 Å². The molecular formula is C22H24ClNO3S. The first-order chi connectivity index (χ1) is 13.5. The minimum atomic E-state index is -0.628. The van der Waals surface area contributed by atoms with Crippen LogP contribution < -0.4 is 0 Å². The van der Waals surface area contributed by atoms with Crippen molar-refractivity contribution in [2.75, 3.05) is 12.4 Å². The van der Waals surface area contributed by atoms with Crippen LogP contribution in [-0.4, -0.2) is 35.2 Å². The Hall–Kier alpha value is -1.98. The Bertz CT molecular complexity index is 840. The zero-order chi connectivity index (χ0) is 20.1. The fourth-order valence-electron chi connectivity index (χ4n) is 3.11. The van der Waals surface area contributed by atoms with Crippen LogP contribution >= 0.6 is 23.4 Å². The highest BCUT2D eigenvalue weighted by Crippen LogP contribution is 2.44. The van der Waals surface area contributed by atoms with E-state index in [4.69, 9.17) is 16.3 Å². The molecule has 0 bridgehead atoms. The van der Waals surface area contributed by atoms with Gasteiger partial charge in [0.15, 0.2) is 0 Å². The molecule has 1 saturated heterocycles. The second-order valence-corrected chi connectivity index (χ2v) is 8.34. The number of hydrogen-bond acceptors (Lipinski definition) is 4. The summed E-state index contributed by atoms with van der Waals surface area (Å²) in [4.78, 5) is 27.7. The number of unbranched alkanes of at least 4 members (excludes halogenated alkanes) is 1. The molecule has 2 atom stereocenters. The number of rotatable bonds is 6.